The highest BCUT2D eigenvalue weighted by atomic mass is 35.5. The Balaban J connectivity index is 1.70. The lowest BCUT2D eigenvalue weighted by Crippen LogP contribution is -2.50. The van der Waals surface area contributed by atoms with Crippen LogP contribution in [0.25, 0.3) is 22.5 Å². The van der Waals surface area contributed by atoms with Crippen molar-refractivity contribution in [2.75, 3.05) is 26.8 Å². The number of benzene rings is 1. The fraction of sp³-hybridized carbons (Fsp3) is 0.462. The number of rotatable bonds is 9. The number of hydrogen-bond acceptors (Lipinski definition) is 6. The van der Waals surface area contributed by atoms with Gasteiger partial charge in [-0.25, -0.2) is 4.98 Å². The third-order valence-electron chi connectivity index (χ3n) is 6.62. The Hall–Kier alpha value is -2.45. The van der Waals surface area contributed by atoms with Crippen LogP contribution in [0, 0.1) is 5.92 Å². The molecule has 1 atom stereocenters. The predicted molar refractivity (Wildman–Crippen MR) is 136 cm³/mol. The first kappa shape index (κ1) is 24.7. The van der Waals surface area contributed by atoms with Crippen LogP contribution in [0.2, 0.25) is 5.02 Å². The van der Waals surface area contributed by atoms with Crippen LogP contribution in [0.5, 0.6) is 5.75 Å². The molecule has 3 heterocycles. The lowest BCUT2D eigenvalue weighted by atomic mass is 9.86. The van der Waals surface area contributed by atoms with E-state index in [0.29, 0.717) is 23.6 Å². The second-order valence-electron chi connectivity index (χ2n) is 9.46. The Morgan fingerprint density at radius 1 is 1.18 bits per heavy atom. The maximum absolute atomic E-state index is 10.2. The van der Waals surface area contributed by atoms with E-state index >= 15 is 0 Å². The van der Waals surface area contributed by atoms with E-state index in [-0.39, 0.29) is 5.75 Å². The summed E-state index contributed by atoms with van der Waals surface area (Å²) in [5, 5.41) is 17.9. The van der Waals surface area contributed by atoms with E-state index < -0.39 is 5.54 Å². The monoisotopic (exact) mass is 483 g/mol. The number of nitrogens with zero attached hydrogens (tertiary/aromatic N) is 2. The number of pyridine rings is 1. The molecule has 0 spiro atoms. The largest absolute Gasteiger partial charge is 0.506 e. The van der Waals surface area contributed by atoms with Crippen molar-refractivity contribution in [3.05, 3.63) is 53.6 Å². The molecule has 0 bridgehead atoms. The molecule has 2 aromatic heterocycles. The van der Waals surface area contributed by atoms with Crippen molar-refractivity contribution in [2.24, 2.45) is 5.92 Å². The van der Waals surface area contributed by atoms with Gasteiger partial charge in [0.1, 0.15) is 11.6 Å². The van der Waals surface area contributed by atoms with Gasteiger partial charge < -0.3 is 25.5 Å². The number of aromatic hydroxyl groups is 1. The number of phenols is 1. The van der Waals surface area contributed by atoms with Crippen LogP contribution in [0.15, 0.2) is 42.7 Å². The van der Waals surface area contributed by atoms with E-state index in [0.717, 1.165) is 60.7 Å². The molecule has 182 valence electrons. The summed E-state index contributed by atoms with van der Waals surface area (Å²) in [4.78, 5) is 12.8. The number of phenolic OH excluding ortho intramolecular Hbond substituents is 1. The van der Waals surface area contributed by atoms with Gasteiger partial charge in [0.05, 0.1) is 21.9 Å². The smallest absolute Gasteiger partial charge is 0.134 e. The van der Waals surface area contributed by atoms with Crippen LogP contribution in [0.4, 0.5) is 0 Å². The number of halogens is 1. The van der Waals surface area contributed by atoms with Gasteiger partial charge in [0.25, 0.3) is 0 Å². The molecule has 4 rings (SSSR count). The average Bonchev–Trinajstić information content (AvgIpc) is 3.31. The number of nitrogens with one attached hydrogen (secondary N) is 3. The molecule has 0 radical (unpaired) electrons. The second kappa shape index (κ2) is 10.9. The van der Waals surface area contributed by atoms with Crippen LogP contribution in [-0.4, -0.2) is 52.9 Å². The van der Waals surface area contributed by atoms with Crippen molar-refractivity contribution in [1.82, 2.24) is 25.6 Å². The summed E-state index contributed by atoms with van der Waals surface area (Å²) in [5.74, 6) is 1.45. The summed E-state index contributed by atoms with van der Waals surface area (Å²) in [7, 11) is 1.76. The molecule has 4 N–H and O–H groups in total. The zero-order valence-electron chi connectivity index (χ0n) is 20.1. The molecule has 1 aromatic carbocycles. The first-order chi connectivity index (χ1) is 16.4. The number of methoxy groups -OCH3 is 1. The first-order valence-electron chi connectivity index (χ1n) is 11.9. The highest BCUT2D eigenvalue weighted by Gasteiger charge is 2.33. The number of piperidine rings is 1. The van der Waals surface area contributed by atoms with E-state index in [9.17, 15) is 5.11 Å². The lowest BCUT2D eigenvalue weighted by molar-refractivity contribution is 0.145. The van der Waals surface area contributed by atoms with E-state index in [1.54, 1.807) is 31.6 Å². The molecule has 1 aliphatic heterocycles. The Bertz CT molecular complexity index is 1080. The molecule has 7 nitrogen and oxygen atoms in total. The van der Waals surface area contributed by atoms with Gasteiger partial charge in [0.2, 0.25) is 0 Å². The summed E-state index contributed by atoms with van der Waals surface area (Å²) in [5.41, 5.74) is 2.99. The molecule has 0 aliphatic carbocycles. The Morgan fingerprint density at radius 2 is 1.91 bits per heavy atom. The summed E-state index contributed by atoms with van der Waals surface area (Å²) in [6.07, 6.45) is 6.77. The molecule has 1 fully saturated rings. The number of aromatic amines is 1. The standard InChI is InChI=1S/C26H34ClN5O2/c1-26(2,32-21(10-15-34-3)17-6-11-28-12-7-17)25-30-23(18-8-13-29-14-9-18)24(31-25)19-4-5-20(27)22(33)16-19/h4-5,8-9,13-14,16-17,21,28,32-33H,6-7,10-12,15H2,1-3H3,(H,30,31). The molecule has 8 heteroatoms. The number of aromatic nitrogens is 3. The molecular formula is C26H34ClN5O2. The van der Waals surface area contributed by atoms with Gasteiger partial charge in [-0.1, -0.05) is 17.7 Å². The van der Waals surface area contributed by atoms with E-state index in [2.05, 4.69) is 34.4 Å². The zero-order chi connectivity index (χ0) is 24.1. The van der Waals surface area contributed by atoms with Gasteiger partial charge in [-0.15, -0.1) is 0 Å². The van der Waals surface area contributed by atoms with Crippen molar-refractivity contribution in [2.45, 2.75) is 44.7 Å². The summed E-state index contributed by atoms with van der Waals surface area (Å²) in [6, 6.07) is 9.45. The SMILES string of the molecule is COCCC(NC(C)(C)c1nc(-c2ccc(Cl)c(O)c2)c(-c2ccncc2)[nH]1)C1CCNCC1. The van der Waals surface area contributed by atoms with E-state index in [1.807, 2.05) is 18.2 Å². The van der Waals surface area contributed by atoms with Crippen LogP contribution in [-0.2, 0) is 10.3 Å². The van der Waals surface area contributed by atoms with Crippen molar-refractivity contribution < 1.29 is 9.84 Å². The molecular weight excluding hydrogens is 450 g/mol. The van der Waals surface area contributed by atoms with Crippen molar-refractivity contribution in [3.63, 3.8) is 0 Å². The van der Waals surface area contributed by atoms with Gasteiger partial charge in [-0.2, -0.15) is 0 Å². The van der Waals surface area contributed by atoms with Crippen LogP contribution >= 0.6 is 11.6 Å². The summed E-state index contributed by atoms with van der Waals surface area (Å²) < 4.78 is 5.42. The Morgan fingerprint density at radius 3 is 2.59 bits per heavy atom. The van der Waals surface area contributed by atoms with Crippen LogP contribution in [0.1, 0.15) is 38.9 Å². The molecule has 1 unspecified atom stereocenters. The number of ether oxygens (including phenoxy) is 1. The quantitative estimate of drug-likeness (QED) is 0.351. The van der Waals surface area contributed by atoms with Gasteiger partial charge in [-0.3, -0.25) is 4.98 Å². The number of imidazole rings is 1. The van der Waals surface area contributed by atoms with E-state index in [4.69, 9.17) is 21.3 Å². The summed E-state index contributed by atoms with van der Waals surface area (Å²) in [6.45, 7) is 7.13. The normalized spacial score (nSPS) is 16.0. The van der Waals surface area contributed by atoms with E-state index in [1.165, 1.54) is 0 Å². The van der Waals surface area contributed by atoms with Gasteiger partial charge in [0.15, 0.2) is 0 Å². The fourth-order valence-electron chi connectivity index (χ4n) is 4.71. The van der Waals surface area contributed by atoms with Crippen molar-refractivity contribution in [1.29, 1.82) is 0 Å². The maximum atomic E-state index is 10.2. The Labute approximate surface area is 206 Å². The van der Waals surface area contributed by atoms with Crippen molar-refractivity contribution in [3.8, 4) is 28.3 Å². The number of H-pyrrole nitrogens is 1. The molecule has 1 aliphatic rings. The molecule has 0 amide bonds. The second-order valence-corrected chi connectivity index (χ2v) is 9.86. The Kier molecular flexibility index (Phi) is 7.88. The van der Waals surface area contributed by atoms with Crippen molar-refractivity contribution >= 4 is 11.6 Å². The van der Waals surface area contributed by atoms with Crippen LogP contribution < -0.4 is 10.6 Å². The number of hydrogen-bond donors (Lipinski definition) is 4. The minimum atomic E-state index is -0.419. The first-order valence-corrected chi connectivity index (χ1v) is 12.2. The topological polar surface area (TPSA) is 95.1 Å². The average molecular weight is 484 g/mol. The zero-order valence-corrected chi connectivity index (χ0v) is 20.8. The molecule has 0 saturated carbocycles. The van der Waals surface area contributed by atoms with Crippen LogP contribution in [0.3, 0.4) is 0 Å². The summed E-state index contributed by atoms with van der Waals surface area (Å²) >= 11 is 6.06. The van der Waals surface area contributed by atoms with Gasteiger partial charge in [-0.05, 0) is 76.4 Å². The van der Waals surface area contributed by atoms with Gasteiger partial charge in [0, 0.05) is 43.3 Å². The fourth-order valence-corrected chi connectivity index (χ4v) is 4.83. The molecule has 1 saturated heterocycles. The highest BCUT2D eigenvalue weighted by molar-refractivity contribution is 6.32. The highest BCUT2D eigenvalue weighted by Crippen LogP contribution is 2.36. The minimum Gasteiger partial charge on any atom is -0.506 e. The maximum Gasteiger partial charge on any atom is 0.134 e. The lowest BCUT2D eigenvalue weighted by Gasteiger charge is -2.37. The minimum absolute atomic E-state index is 0.0346. The predicted octanol–water partition coefficient (Wildman–Crippen LogP) is 4.73. The third kappa shape index (κ3) is 5.61. The third-order valence-corrected chi connectivity index (χ3v) is 6.94. The molecule has 3 aromatic rings. The van der Waals surface area contributed by atoms with Gasteiger partial charge >= 0.3 is 0 Å². The molecule has 34 heavy (non-hydrogen) atoms.